The average Bonchev–Trinajstić information content (AvgIpc) is 3.06. The molecule has 0 rings (SSSR count). The minimum absolute atomic E-state index is 0.366. The molecular formula is C41H79NO4. The molecule has 0 aromatic rings. The Hall–Kier alpha value is -1.17. The van der Waals surface area contributed by atoms with Crippen molar-refractivity contribution < 1.29 is 20.1 Å². The van der Waals surface area contributed by atoms with Crippen LogP contribution in [-0.4, -0.2) is 46.1 Å². The summed E-state index contributed by atoms with van der Waals surface area (Å²) in [6, 6.07) is -0.798. The van der Waals surface area contributed by atoms with E-state index >= 15 is 0 Å². The molecule has 1 amide bonds. The Morgan fingerprint density at radius 3 is 1.33 bits per heavy atom. The third kappa shape index (κ3) is 31.4. The number of aliphatic hydroxyl groups excluding tert-OH is 3. The molecule has 0 saturated heterocycles. The molecule has 0 fully saturated rings. The van der Waals surface area contributed by atoms with Gasteiger partial charge in [0, 0.05) is 0 Å². The predicted octanol–water partition coefficient (Wildman–Crippen LogP) is 11.0. The average molecular weight is 650 g/mol. The zero-order chi connectivity index (χ0) is 33.8. The molecule has 0 radical (unpaired) electrons. The van der Waals surface area contributed by atoms with Crippen LogP contribution in [0.4, 0.5) is 0 Å². The van der Waals surface area contributed by atoms with Gasteiger partial charge in [0.1, 0.15) is 6.10 Å². The summed E-state index contributed by atoms with van der Waals surface area (Å²) in [5.74, 6) is -0.514. The molecule has 0 bridgehead atoms. The lowest BCUT2D eigenvalue weighted by Crippen LogP contribution is -2.48. The maximum absolute atomic E-state index is 12.4. The second kappa shape index (κ2) is 36.7. The van der Waals surface area contributed by atoms with Gasteiger partial charge in [0.15, 0.2) is 0 Å². The first-order chi connectivity index (χ1) is 22.6. The molecule has 5 heteroatoms. The Morgan fingerprint density at radius 2 is 0.891 bits per heavy atom. The van der Waals surface area contributed by atoms with Gasteiger partial charge in [-0.1, -0.05) is 192 Å². The van der Waals surface area contributed by atoms with E-state index in [-0.39, 0.29) is 6.61 Å². The van der Waals surface area contributed by atoms with Crippen molar-refractivity contribution in [1.82, 2.24) is 5.32 Å². The fraction of sp³-hybridized carbons (Fsp3) is 0.878. The van der Waals surface area contributed by atoms with Crippen LogP contribution in [0.3, 0.4) is 0 Å². The zero-order valence-electron chi connectivity index (χ0n) is 30.7. The zero-order valence-corrected chi connectivity index (χ0v) is 30.7. The predicted molar refractivity (Wildman–Crippen MR) is 199 cm³/mol. The van der Waals surface area contributed by atoms with Gasteiger partial charge in [-0.05, 0) is 38.5 Å². The Morgan fingerprint density at radius 1 is 0.522 bits per heavy atom. The lowest BCUT2D eigenvalue weighted by Gasteiger charge is -2.21. The van der Waals surface area contributed by atoms with E-state index in [9.17, 15) is 20.1 Å². The van der Waals surface area contributed by atoms with E-state index in [1.807, 2.05) is 6.08 Å². The number of aliphatic hydroxyl groups is 3. The molecule has 5 nitrogen and oxygen atoms in total. The number of nitrogens with one attached hydrogen (secondary N) is 1. The number of allylic oxidation sites excluding steroid dienone is 3. The van der Waals surface area contributed by atoms with Crippen LogP contribution in [0.2, 0.25) is 0 Å². The molecule has 46 heavy (non-hydrogen) atoms. The van der Waals surface area contributed by atoms with E-state index in [0.717, 1.165) is 51.4 Å². The highest BCUT2D eigenvalue weighted by Gasteiger charge is 2.22. The van der Waals surface area contributed by atoms with Gasteiger partial charge in [0.05, 0.1) is 18.8 Å². The summed E-state index contributed by atoms with van der Waals surface area (Å²) in [4.78, 5) is 12.4. The van der Waals surface area contributed by atoms with Crippen LogP contribution in [0, 0.1) is 0 Å². The number of hydrogen-bond donors (Lipinski definition) is 4. The second-order valence-corrected chi connectivity index (χ2v) is 13.8. The lowest BCUT2D eigenvalue weighted by atomic mass is 10.0. The number of rotatable bonds is 36. The summed E-state index contributed by atoms with van der Waals surface area (Å²) in [7, 11) is 0. The van der Waals surface area contributed by atoms with E-state index < -0.39 is 24.2 Å². The quantitative estimate of drug-likeness (QED) is 0.0401. The summed E-state index contributed by atoms with van der Waals surface area (Å²) in [6.45, 7) is 4.12. The van der Waals surface area contributed by atoms with Gasteiger partial charge < -0.3 is 20.6 Å². The van der Waals surface area contributed by atoms with Crippen LogP contribution in [0.5, 0.6) is 0 Å². The second-order valence-electron chi connectivity index (χ2n) is 13.8. The van der Waals surface area contributed by atoms with Gasteiger partial charge in [0.25, 0.3) is 0 Å². The Bertz CT molecular complexity index is 679. The highest BCUT2D eigenvalue weighted by molar-refractivity contribution is 5.80. The molecule has 0 aliphatic carbocycles. The van der Waals surface area contributed by atoms with Crippen LogP contribution in [-0.2, 0) is 4.79 Å². The number of hydrogen-bond acceptors (Lipinski definition) is 4. The molecule has 0 aromatic carbocycles. The number of amides is 1. The van der Waals surface area contributed by atoms with Crippen molar-refractivity contribution in [2.24, 2.45) is 0 Å². The maximum Gasteiger partial charge on any atom is 0.249 e. The summed E-state index contributed by atoms with van der Waals surface area (Å²) in [5, 5.41) is 32.9. The third-order valence-electron chi connectivity index (χ3n) is 9.29. The van der Waals surface area contributed by atoms with Crippen molar-refractivity contribution in [1.29, 1.82) is 0 Å². The molecular weight excluding hydrogens is 570 g/mol. The first-order valence-corrected chi connectivity index (χ1v) is 20.2. The minimum atomic E-state index is -1.10. The van der Waals surface area contributed by atoms with Crippen molar-refractivity contribution in [3.8, 4) is 0 Å². The molecule has 0 aliphatic heterocycles. The molecule has 0 aliphatic rings. The molecule has 0 spiro atoms. The SMILES string of the molecule is CCCC/C=C\CCCCCCC(O)C(=O)NC(CO)C(O)/C=C/CCCCCCCCCCCCCCCCCCCCCC. The van der Waals surface area contributed by atoms with Crippen LogP contribution in [0.1, 0.15) is 206 Å². The summed E-state index contributed by atoms with van der Waals surface area (Å²) >= 11 is 0. The van der Waals surface area contributed by atoms with Crippen LogP contribution in [0.15, 0.2) is 24.3 Å². The van der Waals surface area contributed by atoms with Crippen molar-refractivity contribution in [2.75, 3.05) is 6.61 Å². The van der Waals surface area contributed by atoms with E-state index in [4.69, 9.17) is 0 Å². The number of carbonyl (C=O) groups excluding carboxylic acids is 1. The van der Waals surface area contributed by atoms with Gasteiger partial charge in [-0.25, -0.2) is 0 Å². The van der Waals surface area contributed by atoms with Gasteiger partial charge in [0.2, 0.25) is 5.91 Å². The van der Waals surface area contributed by atoms with Crippen molar-refractivity contribution in [2.45, 2.75) is 225 Å². The monoisotopic (exact) mass is 650 g/mol. The van der Waals surface area contributed by atoms with Crippen LogP contribution >= 0.6 is 0 Å². The van der Waals surface area contributed by atoms with Gasteiger partial charge in [-0.2, -0.15) is 0 Å². The van der Waals surface area contributed by atoms with Crippen molar-refractivity contribution in [3.05, 3.63) is 24.3 Å². The molecule has 3 unspecified atom stereocenters. The summed E-state index contributed by atoms with van der Waals surface area (Å²) in [6.07, 6.45) is 43.6. The van der Waals surface area contributed by atoms with E-state index in [1.54, 1.807) is 6.08 Å². The Balaban J connectivity index is 3.64. The highest BCUT2D eigenvalue weighted by Crippen LogP contribution is 2.15. The molecule has 3 atom stereocenters. The van der Waals surface area contributed by atoms with Crippen molar-refractivity contribution in [3.63, 3.8) is 0 Å². The third-order valence-corrected chi connectivity index (χ3v) is 9.29. The minimum Gasteiger partial charge on any atom is -0.394 e. The molecule has 272 valence electrons. The fourth-order valence-electron chi connectivity index (χ4n) is 6.05. The molecule has 0 aromatic heterocycles. The van der Waals surface area contributed by atoms with E-state index in [2.05, 4.69) is 31.3 Å². The van der Waals surface area contributed by atoms with Crippen LogP contribution in [0.25, 0.3) is 0 Å². The fourth-order valence-corrected chi connectivity index (χ4v) is 6.05. The van der Waals surface area contributed by atoms with Gasteiger partial charge in [-0.15, -0.1) is 0 Å². The summed E-state index contributed by atoms with van der Waals surface area (Å²) in [5.41, 5.74) is 0. The lowest BCUT2D eigenvalue weighted by molar-refractivity contribution is -0.131. The first kappa shape index (κ1) is 44.8. The van der Waals surface area contributed by atoms with E-state index in [0.29, 0.717) is 6.42 Å². The van der Waals surface area contributed by atoms with Crippen LogP contribution < -0.4 is 5.32 Å². The Kier molecular flexibility index (Phi) is 35.7. The standard InChI is InChI=1S/C41H79NO4/c1-3-5-7-9-11-13-15-16-17-18-19-20-21-22-23-24-25-26-28-29-31-33-35-39(44)38(37-43)42-41(46)40(45)36-34-32-30-27-14-12-10-8-6-4-2/h10,12,33,35,38-40,43-45H,3-9,11,13-32,34,36-37H2,1-2H3,(H,42,46)/b12-10-,35-33+. The molecule has 0 saturated carbocycles. The largest absolute Gasteiger partial charge is 0.394 e. The first-order valence-electron chi connectivity index (χ1n) is 20.2. The number of unbranched alkanes of at least 4 members (excludes halogenated alkanes) is 26. The Labute approximate surface area is 286 Å². The van der Waals surface area contributed by atoms with E-state index in [1.165, 1.54) is 135 Å². The smallest absolute Gasteiger partial charge is 0.249 e. The highest BCUT2D eigenvalue weighted by atomic mass is 16.3. The molecule has 4 N–H and O–H groups in total. The number of carbonyl (C=O) groups is 1. The van der Waals surface area contributed by atoms with Gasteiger partial charge in [-0.3, -0.25) is 4.79 Å². The molecule has 0 heterocycles. The van der Waals surface area contributed by atoms with Crippen molar-refractivity contribution >= 4 is 5.91 Å². The topological polar surface area (TPSA) is 89.8 Å². The maximum atomic E-state index is 12.4. The normalized spacial score (nSPS) is 13.9. The summed E-state index contributed by atoms with van der Waals surface area (Å²) < 4.78 is 0. The van der Waals surface area contributed by atoms with Gasteiger partial charge >= 0.3 is 0 Å².